The van der Waals surface area contributed by atoms with Gasteiger partial charge in [0, 0.05) is 19.8 Å². The van der Waals surface area contributed by atoms with Gasteiger partial charge in [-0.05, 0) is 17.7 Å². The zero-order valence-electron chi connectivity index (χ0n) is 10.7. The van der Waals surface area contributed by atoms with Crippen LogP contribution in [0.4, 0.5) is 0 Å². The third-order valence-corrected chi connectivity index (χ3v) is 2.43. The lowest BCUT2D eigenvalue weighted by molar-refractivity contribution is -0.118. The smallest absolute Gasteiger partial charge is 0.236 e. The summed E-state index contributed by atoms with van der Waals surface area (Å²) < 4.78 is 5.29. The highest BCUT2D eigenvalue weighted by molar-refractivity contribution is 5.97. The number of benzene rings is 1. The second kappa shape index (κ2) is 6.54. The molecule has 4 heteroatoms. The molecule has 1 heterocycles. The minimum absolute atomic E-state index is 0.196. The van der Waals surface area contributed by atoms with Gasteiger partial charge in [0.15, 0.2) is 0 Å². The van der Waals surface area contributed by atoms with Crippen LogP contribution < -0.4 is 5.43 Å². The Kier molecular flexibility index (Phi) is 4.50. The summed E-state index contributed by atoms with van der Waals surface area (Å²) in [6.07, 6.45) is 4.06. The van der Waals surface area contributed by atoms with Gasteiger partial charge in [-0.25, -0.2) is 5.43 Å². The Labute approximate surface area is 112 Å². The number of rotatable bonds is 5. The van der Waals surface area contributed by atoms with Crippen LogP contribution in [0.25, 0.3) is 0 Å². The Morgan fingerprint density at radius 2 is 2.05 bits per heavy atom. The van der Waals surface area contributed by atoms with E-state index in [9.17, 15) is 4.79 Å². The molecule has 0 atom stereocenters. The number of hydrogen-bond acceptors (Lipinski definition) is 3. The third kappa shape index (κ3) is 4.43. The summed E-state index contributed by atoms with van der Waals surface area (Å²) in [4.78, 5) is 10.9. The summed E-state index contributed by atoms with van der Waals surface area (Å²) in [6.45, 7) is 1.43. The van der Waals surface area contributed by atoms with Crippen molar-refractivity contribution in [3.05, 3.63) is 66.5 Å². The Hall–Kier alpha value is -2.36. The SMILES string of the molecule is CC(=O)NN=C([CH]c1ccccc1)Cc1ccco1. The Bertz CT molecular complexity index is 545. The summed E-state index contributed by atoms with van der Waals surface area (Å²) in [5, 5.41) is 4.09. The molecule has 0 aliphatic rings. The average Bonchev–Trinajstić information content (AvgIpc) is 2.90. The largest absolute Gasteiger partial charge is 0.469 e. The molecule has 19 heavy (non-hydrogen) atoms. The van der Waals surface area contributed by atoms with Crippen molar-refractivity contribution in [2.45, 2.75) is 13.3 Å². The van der Waals surface area contributed by atoms with Gasteiger partial charge in [-0.3, -0.25) is 4.79 Å². The topological polar surface area (TPSA) is 54.6 Å². The number of hydrazone groups is 1. The van der Waals surface area contributed by atoms with Gasteiger partial charge in [0.1, 0.15) is 5.76 Å². The van der Waals surface area contributed by atoms with E-state index in [1.807, 2.05) is 48.9 Å². The fraction of sp³-hybridized carbons (Fsp3) is 0.133. The van der Waals surface area contributed by atoms with E-state index in [0.29, 0.717) is 6.42 Å². The molecule has 1 radical (unpaired) electrons. The van der Waals surface area contributed by atoms with Crippen molar-refractivity contribution in [3.63, 3.8) is 0 Å². The number of amides is 1. The molecule has 97 valence electrons. The summed E-state index contributed by atoms with van der Waals surface area (Å²) in [5.74, 6) is 0.606. The summed E-state index contributed by atoms with van der Waals surface area (Å²) >= 11 is 0. The number of nitrogens with one attached hydrogen (secondary N) is 1. The van der Waals surface area contributed by atoms with Crippen LogP contribution >= 0.6 is 0 Å². The monoisotopic (exact) mass is 255 g/mol. The van der Waals surface area contributed by atoms with Gasteiger partial charge in [0.25, 0.3) is 0 Å². The summed E-state index contributed by atoms with van der Waals surface area (Å²) in [6, 6.07) is 13.5. The molecule has 0 unspecified atom stereocenters. The second-order valence-corrected chi connectivity index (χ2v) is 4.08. The molecule has 1 aromatic carbocycles. The normalized spacial score (nSPS) is 11.3. The van der Waals surface area contributed by atoms with Crippen LogP contribution in [-0.4, -0.2) is 11.6 Å². The van der Waals surface area contributed by atoms with Crippen molar-refractivity contribution < 1.29 is 9.21 Å². The van der Waals surface area contributed by atoms with Gasteiger partial charge < -0.3 is 4.42 Å². The number of carbonyl (C=O) groups is 1. The second-order valence-electron chi connectivity index (χ2n) is 4.08. The maximum atomic E-state index is 10.9. The van der Waals surface area contributed by atoms with Crippen LogP contribution in [0.2, 0.25) is 0 Å². The minimum atomic E-state index is -0.196. The van der Waals surface area contributed by atoms with E-state index in [0.717, 1.165) is 17.0 Å². The Morgan fingerprint density at radius 3 is 2.68 bits per heavy atom. The zero-order chi connectivity index (χ0) is 13.5. The Balaban J connectivity index is 2.10. The lowest BCUT2D eigenvalue weighted by Gasteiger charge is -2.05. The summed E-state index contributed by atoms with van der Waals surface area (Å²) in [5.41, 5.74) is 4.21. The van der Waals surface area contributed by atoms with E-state index >= 15 is 0 Å². The van der Waals surface area contributed by atoms with Gasteiger partial charge in [-0.15, -0.1) is 0 Å². The minimum Gasteiger partial charge on any atom is -0.469 e. The summed E-state index contributed by atoms with van der Waals surface area (Å²) in [7, 11) is 0. The van der Waals surface area contributed by atoms with Crippen LogP contribution in [0.15, 0.2) is 58.2 Å². The molecule has 0 saturated carbocycles. The van der Waals surface area contributed by atoms with Crippen molar-refractivity contribution in [3.8, 4) is 0 Å². The van der Waals surface area contributed by atoms with E-state index in [4.69, 9.17) is 4.42 Å². The van der Waals surface area contributed by atoms with Crippen LogP contribution in [0.5, 0.6) is 0 Å². The molecule has 2 rings (SSSR count). The first-order chi connectivity index (χ1) is 9.24. The molecular formula is C15H15N2O2. The van der Waals surface area contributed by atoms with E-state index in [1.165, 1.54) is 6.92 Å². The molecule has 0 fully saturated rings. The molecule has 0 bridgehead atoms. The quantitative estimate of drug-likeness (QED) is 0.659. The molecule has 1 N–H and O–H groups in total. The molecule has 0 aliphatic carbocycles. The van der Waals surface area contributed by atoms with E-state index in [-0.39, 0.29) is 5.91 Å². The van der Waals surface area contributed by atoms with Crippen LogP contribution in [0, 0.1) is 6.42 Å². The maximum absolute atomic E-state index is 10.9. The van der Waals surface area contributed by atoms with Crippen LogP contribution in [-0.2, 0) is 11.2 Å². The van der Waals surface area contributed by atoms with Gasteiger partial charge >= 0.3 is 0 Å². The highest BCUT2D eigenvalue weighted by Gasteiger charge is 2.06. The lowest BCUT2D eigenvalue weighted by Crippen LogP contribution is -2.17. The van der Waals surface area contributed by atoms with E-state index in [2.05, 4.69) is 10.5 Å². The average molecular weight is 255 g/mol. The highest BCUT2D eigenvalue weighted by atomic mass is 16.3. The Morgan fingerprint density at radius 1 is 1.26 bits per heavy atom. The van der Waals surface area contributed by atoms with Gasteiger partial charge in [0.05, 0.1) is 12.0 Å². The molecule has 1 aromatic heterocycles. The van der Waals surface area contributed by atoms with Gasteiger partial charge in [-0.2, -0.15) is 5.10 Å². The molecule has 4 nitrogen and oxygen atoms in total. The van der Waals surface area contributed by atoms with Crippen molar-refractivity contribution in [1.29, 1.82) is 0 Å². The predicted molar refractivity (Wildman–Crippen MR) is 73.5 cm³/mol. The van der Waals surface area contributed by atoms with Crippen molar-refractivity contribution in [1.82, 2.24) is 5.43 Å². The van der Waals surface area contributed by atoms with Crippen molar-refractivity contribution in [2.75, 3.05) is 0 Å². The first kappa shape index (κ1) is 13.1. The van der Waals surface area contributed by atoms with Crippen molar-refractivity contribution in [2.24, 2.45) is 5.10 Å². The number of nitrogens with zero attached hydrogens (tertiary/aromatic N) is 1. The zero-order valence-corrected chi connectivity index (χ0v) is 10.7. The highest BCUT2D eigenvalue weighted by Crippen LogP contribution is 2.09. The molecule has 1 amide bonds. The van der Waals surface area contributed by atoms with Crippen LogP contribution in [0.1, 0.15) is 18.2 Å². The maximum Gasteiger partial charge on any atom is 0.236 e. The standard InChI is InChI=1S/C15H15N2O2/c1-12(18)16-17-14(11-15-8-5-9-19-15)10-13-6-3-2-4-7-13/h2-10H,11H2,1H3,(H,16,18). The molecule has 0 aliphatic heterocycles. The fourth-order valence-corrected chi connectivity index (χ4v) is 1.61. The first-order valence-electron chi connectivity index (χ1n) is 5.99. The fourth-order valence-electron chi connectivity index (χ4n) is 1.61. The molecule has 0 saturated heterocycles. The molecule has 2 aromatic rings. The third-order valence-electron chi connectivity index (χ3n) is 2.43. The number of furan rings is 1. The van der Waals surface area contributed by atoms with Crippen LogP contribution in [0.3, 0.4) is 0 Å². The number of carbonyl (C=O) groups excluding carboxylic acids is 1. The van der Waals surface area contributed by atoms with Gasteiger partial charge in [-0.1, -0.05) is 30.3 Å². The predicted octanol–water partition coefficient (Wildman–Crippen LogP) is 2.57. The van der Waals surface area contributed by atoms with Crippen molar-refractivity contribution >= 4 is 11.6 Å². The molecular weight excluding hydrogens is 240 g/mol. The first-order valence-corrected chi connectivity index (χ1v) is 5.99. The van der Waals surface area contributed by atoms with Gasteiger partial charge in [0.2, 0.25) is 5.91 Å². The number of hydrogen-bond donors (Lipinski definition) is 1. The van der Waals surface area contributed by atoms with E-state index < -0.39 is 0 Å². The van der Waals surface area contributed by atoms with E-state index in [1.54, 1.807) is 6.26 Å². The molecule has 0 spiro atoms. The lowest BCUT2D eigenvalue weighted by atomic mass is 10.1.